The zero-order chi connectivity index (χ0) is 26.1. The van der Waals surface area contributed by atoms with Gasteiger partial charge in [0.25, 0.3) is 0 Å². The highest BCUT2D eigenvalue weighted by molar-refractivity contribution is 9.08. The van der Waals surface area contributed by atoms with Crippen molar-refractivity contribution in [2.75, 3.05) is 0 Å². The topological polar surface area (TPSA) is 98.5 Å². The molecule has 0 saturated heterocycles. The first kappa shape index (κ1) is 27.3. The molecule has 0 aliphatic heterocycles. The number of ether oxygens (including phenoxy) is 1. The number of hydrogen-bond donors (Lipinski definition) is 2. The lowest BCUT2D eigenvalue weighted by Crippen LogP contribution is -2.51. The number of benzene rings is 3. The van der Waals surface area contributed by atoms with Crippen molar-refractivity contribution >= 4 is 33.8 Å². The summed E-state index contributed by atoms with van der Waals surface area (Å²) in [6.07, 6.45) is 0.758. The van der Waals surface area contributed by atoms with Gasteiger partial charge in [0.1, 0.15) is 6.04 Å². The van der Waals surface area contributed by atoms with Crippen LogP contribution >= 0.6 is 15.9 Å². The molecule has 0 spiro atoms. The van der Waals surface area contributed by atoms with Crippen molar-refractivity contribution in [3.05, 3.63) is 95.6 Å². The van der Waals surface area contributed by atoms with E-state index in [1.54, 1.807) is 12.1 Å². The number of nitrogens with one attached hydrogen (secondary N) is 1. The van der Waals surface area contributed by atoms with Crippen molar-refractivity contribution < 1.29 is 19.1 Å². The minimum atomic E-state index is -0.868. The molecule has 1 atom stereocenters. The van der Waals surface area contributed by atoms with Crippen molar-refractivity contribution in [3.8, 4) is 11.1 Å². The van der Waals surface area contributed by atoms with Gasteiger partial charge in [0.05, 0.1) is 5.56 Å². The highest BCUT2D eigenvalue weighted by Gasteiger charge is 2.30. The average Bonchev–Trinajstić information content (AvgIpc) is 2.86. The van der Waals surface area contributed by atoms with Crippen LogP contribution in [0.1, 0.15) is 48.2 Å². The molecule has 0 unspecified atom stereocenters. The Morgan fingerprint density at radius 3 is 2.03 bits per heavy atom. The minimum absolute atomic E-state index is 0.00899. The van der Waals surface area contributed by atoms with Gasteiger partial charge in [-0.3, -0.25) is 10.1 Å². The number of hydrogen-bond acceptors (Lipinski definition) is 5. The SMILES string of the molecule is CC(C)(Cc1ccccc1)N[C@@H](CCC(N)=O)C(=O)OC(=O)c1ccc(-c2ccc(CBr)cc2)cc1. The van der Waals surface area contributed by atoms with Gasteiger partial charge in [-0.05, 0) is 61.1 Å². The maximum Gasteiger partial charge on any atom is 0.345 e. The smallest absolute Gasteiger partial charge is 0.345 e. The van der Waals surface area contributed by atoms with E-state index in [2.05, 4.69) is 21.2 Å². The van der Waals surface area contributed by atoms with Crippen LogP contribution in [0.4, 0.5) is 0 Å². The Hall–Kier alpha value is -3.29. The summed E-state index contributed by atoms with van der Waals surface area (Å²) in [6, 6.07) is 24.0. The first-order valence-corrected chi connectivity index (χ1v) is 12.9. The van der Waals surface area contributed by atoms with Gasteiger partial charge in [-0.2, -0.15) is 0 Å². The zero-order valence-electron chi connectivity index (χ0n) is 20.5. The highest BCUT2D eigenvalue weighted by atomic mass is 79.9. The molecule has 0 aliphatic carbocycles. The molecule has 0 fully saturated rings. The Morgan fingerprint density at radius 1 is 0.889 bits per heavy atom. The first-order valence-electron chi connectivity index (χ1n) is 11.8. The maximum atomic E-state index is 13.0. The van der Waals surface area contributed by atoms with Gasteiger partial charge in [0, 0.05) is 17.3 Å². The first-order chi connectivity index (χ1) is 17.2. The Morgan fingerprint density at radius 2 is 1.47 bits per heavy atom. The standard InChI is InChI=1S/C29H31BrN2O4/c1-29(2,18-20-6-4-3-5-7-20)32-25(16-17-26(31)33)28(35)36-27(34)24-14-12-23(13-15-24)22-10-8-21(19-30)9-11-22/h3-15,25,32H,16-19H2,1-2H3,(H2,31,33)/t25-/m0/s1. The van der Waals surface area contributed by atoms with Crippen molar-refractivity contribution in [2.45, 2.75) is 50.0 Å². The van der Waals surface area contributed by atoms with Crippen molar-refractivity contribution in [2.24, 2.45) is 5.73 Å². The molecule has 0 bridgehead atoms. The molecule has 0 aliphatic rings. The Labute approximate surface area is 220 Å². The molecule has 3 aromatic rings. The van der Waals surface area contributed by atoms with Gasteiger partial charge in [0.2, 0.25) is 5.91 Å². The van der Waals surface area contributed by atoms with Crippen LogP contribution in [0.25, 0.3) is 11.1 Å². The van der Waals surface area contributed by atoms with Crippen LogP contribution in [0, 0.1) is 0 Å². The van der Waals surface area contributed by atoms with Crippen LogP contribution in [0.15, 0.2) is 78.9 Å². The number of nitrogens with two attached hydrogens (primary N) is 1. The molecule has 0 aromatic heterocycles. The minimum Gasteiger partial charge on any atom is -0.388 e. The molecule has 0 saturated carbocycles. The third kappa shape index (κ3) is 8.14. The van der Waals surface area contributed by atoms with Crippen molar-refractivity contribution in [1.29, 1.82) is 0 Å². The Kier molecular flexibility index (Phi) is 9.56. The highest BCUT2D eigenvalue weighted by Crippen LogP contribution is 2.22. The van der Waals surface area contributed by atoms with Gasteiger partial charge in [0.15, 0.2) is 0 Å². The van der Waals surface area contributed by atoms with Gasteiger partial charge < -0.3 is 10.5 Å². The van der Waals surface area contributed by atoms with E-state index in [4.69, 9.17) is 10.5 Å². The van der Waals surface area contributed by atoms with Crippen LogP contribution < -0.4 is 11.1 Å². The molecular formula is C29H31BrN2O4. The summed E-state index contributed by atoms with van der Waals surface area (Å²) in [7, 11) is 0. The molecule has 3 N–H and O–H groups in total. The van der Waals surface area contributed by atoms with E-state index in [0.29, 0.717) is 6.42 Å². The van der Waals surface area contributed by atoms with E-state index in [-0.39, 0.29) is 18.4 Å². The van der Waals surface area contributed by atoms with E-state index in [9.17, 15) is 14.4 Å². The molecule has 36 heavy (non-hydrogen) atoms. The third-order valence-corrected chi connectivity index (χ3v) is 6.42. The number of amides is 1. The van der Waals surface area contributed by atoms with Gasteiger partial charge in [-0.25, -0.2) is 9.59 Å². The van der Waals surface area contributed by atoms with Gasteiger partial charge in [-0.1, -0.05) is 82.7 Å². The summed E-state index contributed by atoms with van der Waals surface area (Å²) >= 11 is 3.43. The average molecular weight is 551 g/mol. The summed E-state index contributed by atoms with van der Waals surface area (Å²) in [6.45, 7) is 3.91. The molecular weight excluding hydrogens is 520 g/mol. The normalized spacial score (nSPS) is 12.1. The molecule has 3 rings (SSSR count). The molecule has 0 heterocycles. The number of carbonyl (C=O) groups excluding carboxylic acids is 3. The Balaban J connectivity index is 1.67. The number of primary amides is 1. The summed E-state index contributed by atoms with van der Waals surface area (Å²) in [5.41, 5.74) is 9.30. The fourth-order valence-electron chi connectivity index (χ4n) is 3.97. The molecule has 0 radical (unpaired) electrons. The van der Waals surface area contributed by atoms with Crippen LogP contribution in [0.2, 0.25) is 0 Å². The third-order valence-electron chi connectivity index (χ3n) is 5.77. The van der Waals surface area contributed by atoms with E-state index in [1.165, 1.54) is 5.56 Å². The molecule has 3 aromatic carbocycles. The zero-order valence-corrected chi connectivity index (χ0v) is 22.1. The maximum absolute atomic E-state index is 13.0. The number of alkyl halides is 1. The number of carbonyl (C=O) groups is 3. The second kappa shape index (κ2) is 12.6. The largest absolute Gasteiger partial charge is 0.388 e. The molecule has 7 heteroatoms. The van der Waals surface area contributed by atoms with Crippen LogP contribution in [0.5, 0.6) is 0 Å². The quantitative estimate of drug-likeness (QED) is 0.195. The van der Waals surface area contributed by atoms with E-state index in [1.807, 2.05) is 80.6 Å². The van der Waals surface area contributed by atoms with Gasteiger partial charge >= 0.3 is 11.9 Å². The van der Waals surface area contributed by atoms with Crippen LogP contribution in [-0.4, -0.2) is 29.4 Å². The van der Waals surface area contributed by atoms with Gasteiger partial charge in [-0.15, -0.1) is 0 Å². The second-order valence-corrected chi connectivity index (χ2v) is 9.93. The lowest BCUT2D eigenvalue weighted by atomic mass is 9.93. The fourth-order valence-corrected chi connectivity index (χ4v) is 4.34. The monoisotopic (exact) mass is 550 g/mol. The lowest BCUT2D eigenvalue weighted by molar-refractivity contribution is -0.141. The van der Waals surface area contributed by atoms with Crippen LogP contribution in [-0.2, 0) is 26.1 Å². The van der Waals surface area contributed by atoms with Crippen molar-refractivity contribution in [1.82, 2.24) is 5.32 Å². The second-order valence-electron chi connectivity index (χ2n) is 9.36. The number of rotatable bonds is 11. The number of halogens is 1. The summed E-state index contributed by atoms with van der Waals surface area (Å²) in [4.78, 5) is 37.1. The van der Waals surface area contributed by atoms with E-state index in [0.717, 1.165) is 22.0 Å². The fraction of sp³-hybridized carbons (Fsp3) is 0.276. The summed E-state index contributed by atoms with van der Waals surface area (Å²) in [5, 5.41) is 4.04. The van der Waals surface area contributed by atoms with E-state index < -0.39 is 29.4 Å². The predicted molar refractivity (Wildman–Crippen MR) is 145 cm³/mol. The van der Waals surface area contributed by atoms with E-state index >= 15 is 0 Å². The predicted octanol–water partition coefficient (Wildman–Crippen LogP) is 5.18. The summed E-state index contributed by atoms with van der Waals surface area (Å²) < 4.78 is 5.21. The molecule has 1 amide bonds. The Bertz CT molecular complexity index is 1180. The van der Waals surface area contributed by atoms with Crippen LogP contribution in [0.3, 0.4) is 0 Å². The van der Waals surface area contributed by atoms with Crippen molar-refractivity contribution in [3.63, 3.8) is 0 Å². The molecule has 188 valence electrons. The number of esters is 2. The lowest BCUT2D eigenvalue weighted by Gasteiger charge is -2.31. The molecule has 6 nitrogen and oxygen atoms in total. The summed E-state index contributed by atoms with van der Waals surface area (Å²) in [5.74, 6) is -2.01.